The van der Waals surface area contributed by atoms with Crippen LogP contribution in [-0.4, -0.2) is 21.2 Å². The third-order valence-corrected chi connectivity index (χ3v) is 5.15. The summed E-state index contributed by atoms with van der Waals surface area (Å²) in [4.78, 5) is 29.7. The summed E-state index contributed by atoms with van der Waals surface area (Å²) in [5, 5.41) is 5.16. The SMILES string of the molecule is Cn1c(=O)c(SCC(=O)NCc2cccs2)nc2ccccc21. The smallest absolute Gasteiger partial charge is 0.283 e. The lowest BCUT2D eigenvalue weighted by Gasteiger charge is -2.07. The van der Waals surface area contributed by atoms with Crippen LogP contribution in [0, 0.1) is 0 Å². The van der Waals surface area contributed by atoms with Crippen LogP contribution in [0.3, 0.4) is 0 Å². The molecule has 7 heteroatoms. The molecule has 0 fully saturated rings. The molecule has 5 nitrogen and oxygen atoms in total. The molecule has 0 saturated carbocycles. The molecule has 1 N–H and O–H groups in total. The largest absolute Gasteiger partial charge is 0.350 e. The van der Waals surface area contributed by atoms with Gasteiger partial charge in [-0.1, -0.05) is 30.0 Å². The summed E-state index contributed by atoms with van der Waals surface area (Å²) in [6.07, 6.45) is 0. The number of carbonyl (C=O) groups excluding carboxylic acids is 1. The summed E-state index contributed by atoms with van der Waals surface area (Å²) < 4.78 is 1.56. The Kier molecular flexibility index (Phi) is 4.78. The summed E-state index contributed by atoms with van der Waals surface area (Å²) in [7, 11) is 1.72. The molecule has 1 amide bonds. The molecule has 2 aromatic heterocycles. The Morgan fingerprint density at radius 3 is 2.91 bits per heavy atom. The van der Waals surface area contributed by atoms with Crippen molar-refractivity contribution in [3.63, 3.8) is 0 Å². The average molecular weight is 345 g/mol. The minimum absolute atomic E-state index is 0.111. The van der Waals surface area contributed by atoms with Gasteiger partial charge >= 0.3 is 0 Å². The third kappa shape index (κ3) is 3.62. The fraction of sp³-hybridized carbons (Fsp3) is 0.188. The first kappa shape index (κ1) is 15.8. The summed E-state index contributed by atoms with van der Waals surface area (Å²) in [6, 6.07) is 11.4. The Hall–Kier alpha value is -2.12. The molecule has 0 radical (unpaired) electrons. The molecule has 3 rings (SSSR count). The molecule has 118 valence electrons. The number of thioether (sulfide) groups is 1. The van der Waals surface area contributed by atoms with Gasteiger partial charge in [-0.3, -0.25) is 9.59 Å². The number of benzene rings is 1. The van der Waals surface area contributed by atoms with Crippen LogP contribution in [0.1, 0.15) is 4.88 Å². The second kappa shape index (κ2) is 6.97. The summed E-state index contributed by atoms with van der Waals surface area (Å²) in [5.41, 5.74) is 1.35. The molecular formula is C16H15N3O2S2. The van der Waals surface area contributed by atoms with E-state index in [0.717, 1.165) is 15.9 Å². The normalized spacial score (nSPS) is 10.8. The van der Waals surface area contributed by atoms with Gasteiger partial charge in [0, 0.05) is 11.9 Å². The number of aromatic nitrogens is 2. The van der Waals surface area contributed by atoms with Crippen LogP contribution in [0.25, 0.3) is 11.0 Å². The second-order valence-electron chi connectivity index (χ2n) is 4.91. The fourth-order valence-electron chi connectivity index (χ4n) is 2.13. The van der Waals surface area contributed by atoms with Crippen LogP contribution in [0.4, 0.5) is 0 Å². The number of fused-ring (bicyclic) bond motifs is 1. The number of thiophene rings is 1. The molecule has 0 atom stereocenters. The first-order valence-corrected chi connectivity index (χ1v) is 8.89. The lowest BCUT2D eigenvalue weighted by atomic mass is 10.3. The fourth-order valence-corrected chi connectivity index (χ4v) is 3.57. The van der Waals surface area contributed by atoms with Gasteiger partial charge in [-0.2, -0.15) is 0 Å². The average Bonchev–Trinajstić information content (AvgIpc) is 3.08. The lowest BCUT2D eigenvalue weighted by Crippen LogP contribution is -2.26. The molecular weight excluding hydrogens is 330 g/mol. The van der Waals surface area contributed by atoms with Crippen LogP contribution in [0.5, 0.6) is 0 Å². The van der Waals surface area contributed by atoms with E-state index in [-0.39, 0.29) is 17.2 Å². The van der Waals surface area contributed by atoms with Gasteiger partial charge in [-0.05, 0) is 23.6 Å². The quantitative estimate of drug-likeness (QED) is 0.721. The number of amides is 1. The van der Waals surface area contributed by atoms with Crippen molar-refractivity contribution in [1.29, 1.82) is 0 Å². The van der Waals surface area contributed by atoms with E-state index in [2.05, 4.69) is 10.3 Å². The molecule has 0 aliphatic rings. The molecule has 0 unspecified atom stereocenters. The Morgan fingerprint density at radius 2 is 2.13 bits per heavy atom. The molecule has 0 spiro atoms. The van der Waals surface area contributed by atoms with Gasteiger partial charge in [0.05, 0.1) is 23.3 Å². The number of aryl methyl sites for hydroxylation is 1. The van der Waals surface area contributed by atoms with E-state index in [9.17, 15) is 9.59 Å². The summed E-state index contributed by atoms with van der Waals surface area (Å²) >= 11 is 2.77. The van der Waals surface area contributed by atoms with Crippen molar-refractivity contribution < 1.29 is 4.79 Å². The zero-order valence-electron chi connectivity index (χ0n) is 12.5. The van der Waals surface area contributed by atoms with Gasteiger partial charge in [-0.15, -0.1) is 11.3 Å². The molecule has 0 bridgehead atoms. The Balaban J connectivity index is 1.68. The van der Waals surface area contributed by atoms with Crippen molar-refractivity contribution in [2.24, 2.45) is 7.05 Å². The molecule has 0 aliphatic carbocycles. The van der Waals surface area contributed by atoms with E-state index >= 15 is 0 Å². The minimum atomic E-state index is -0.181. The Morgan fingerprint density at radius 1 is 1.30 bits per heavy atom. The van der Waals surface area contributed by atoms with E-state index < -0.39 is 0 Å². The maximum absolute atomic E-state index is 12.3. The molecule has 3 aromatic rings. The number of para-hydroxylation sites is 2. The van der Waals surface area contributed by atoms with Gasteiger partial charge in [0.1, 0.15) is 0 Å². The molecule has 0 aliphatic heterocycles. The molecule has 0 saturated heterocycles. The predicted octanol–water partition coefficient (Wildman–Crippen LogP) is 2.40. The van der Waals surface area contributed by atoms with Crippen molar-refractivity contribution in [1.82, 2.24) is 14.9 Å². The topological polar surface area (TPSA) is 64.0 Å². The van der Waals surface area contributed by atoms with E-state index in [1.807, 2.05) is 41.8 Å². The Bertz CT molecular complexity index is 888. The highest BCUT2D eigenvalue weighted by Crippen LogP contribution is 2.15. The standard InChI is InChI=1S/C16H15N3O2S2/c1-19-13-7-3-2-6-12(13)18-15(16(19)21)23-10-14(20)17-9-11-5-4-8-22-11/h2-8H,9-10H2,1H3,(H,17,20). The van der Waals surface area contributed by atoms with Crippen molar-refractivity contribution >= 4 is 40.0 Å². The summed E-state index contributed by atoms with van der Waals surface area (Å²) in [6.45, 7) is 0.514. The number of rotatable bonds is 5. The van der Waals surface area contributed by atoms with Crippen LogP contribution in [0.2, 0.25) is 0 Å². The van der Waals surface area contributed by atoms with E-state index in [1.54, 1.807) is 23.0 Å². The number of nitrogens with one attached hydrogen (secondary N) is 1. The maximum atomic E-state index is 12.3. The minimum Gasteiger partial charge on any atom is -0.350 e. The van der Waals surface area contributed by atoms with Crippen molar-refractivity contribution in [2.45, 2.75) is 11.6 Å². The van der Waals surface area contributed by atoms with Gasteiger partial charge in [-0.25, -0.2) is 4.98 Å². The zero-order valence-corrected chi connectivity index (χ0v) is 14.1. The zero-order chi connectivity index (χ0) is 16.2. The van der Waals surface area contributed by atoms with Crippen molar-refractivity contribution in [3.05, 3.63) is 57.0 Å². The van der Waals surface area contributed by atoms with Gasteiger partial charge < -0.3 is 9.88 Å². The highest BCUT2D eigenvalue weighted by molar-refractivity contribution is 7.99. The van der Waals surface area contributed by atoms with E-state index in [4.69, 9.17) is 0 Å². The van der Waals surface area contributed by atoms with Crippen molar-refractivity contribution in [3.8, 4) is 0 Å². The van der Waals surface area contributed by atoms with Gasteiger partial charge in [0.2, 0.25) is 5.91 Å². The first-order valence-electron chi connectivity index (χ1n) is 7.03. The van der Waals surface area contributed by atoms with Crippen molar-refractivity contribution in [2.75, 3.05) is 5.75 Å². The highest BCUT2D eigenvalue weighted by Gasteiger charge is 2.11. The summed E-state index contributed by atoms with van der Waals surface area (Å²) in [5.74, 6) is 0.0618. The second-order valence-corrected chi connectivity index (χ2v) is 6.91. The maximum Gasteiger partial charge on any atom is 0.283 e. The highest BCUT2D eigenvalue weighted by atomic mass is 32.2. The van der Waals surface area contributed by atoms with E-state index in [1.165, 1.54) is 11.8 Å². The number of carbonyl (C=O) groups is 1. The first-order chi connectivity index (χ1) is 11.1. The lowest BCUT2D eigenvalue weighted by molar-refractivity contribution is -0.118. The monoisotopic (exact) mass is 345 g/mol. The number of nitrogens with zero attached hydrogens (tertiary/aromatic N) is 2. The van der Waals surface area contributed by atoms with Crippen LogP contribution in [0.15, 0.2) is 51.6 Å². The van der Waals surface area contributed by atoms with Gasteiger partial charge in [0.25, 0.3) is 5.56 Å². The third-order valence-electron chi connectivity index (χ3n) is 3.33. The number of hydrogen-bond donors (Lipinski definition) is 1. The number of hydrogen-bond acceptors (Lipinski definition) is 5. The van der Waals surface area contributed by atoms with Gasteiger partial charge in [0.15, 0.2) is 5.03 Å². The van der Waals surface area contributed by atoms with E-state index in [0.29, 0.717) is 11.6 Å². The van der Waals surface area contributed by atoms with Crippen LogP contribution >= 0.6 is 23.1 Å². The molecule has 2 heterocycles. The molecule has 1 aromatic carbocycles. The van der Waals surface area contributed by atoms with Crippen LogP contribution in [-0.2, 0) is 18.4 Å². The molecule has 23 heavy (non-hydrogen) atoms. The van der Waals surface area contributed by atoms with Crippen LogP contribution < -0.4 is 10.9 Å². The predicted molar refractivity (Wildman–Crippen MR) is 93.9 cm³/mol. The Labute approximate surface area is 141 Å².